The highest BCUT2D eigenvalue weighted by molar-refractivity contribution is 5.70. The number of hydrogen-bond acceptors (Lipinski definition) is 4. The topological polar surface area (TPSA) is 64.4 Å². The maximum atomic E-state index is 12.2. The Bertz CT molecular complexity index is 614. The van der Waals surface area contributed by atoms with Crippen LogP contribution in [0.3, 0.4) is 0 Å². The molecule has 1 unspecified atom stereocenters. The highest BCUT2D eigenvalue weighted by atomic mass is 16.6. The van der Waals surface area contributed by atoms with Gasteiger partial charge in [-0.25, -0.2) is 4.79 Å². The first-order valence-electron chi connectivity index (χ1n) is 8.91. The van der Waals surface area contributed by atoms with Gasteiger partial charge in [0, 0.05) is 18.3 Å². The lowest BCUT2D eigenvalue weighted by molar-refractivity contribution is -0.124. The standard InChI is InChI=1S/C18H27N3O3/c1-18(2,3)24-17(23)21-11-13-10-15(8-5-9-16(13)19-21)20(12-22)14-6-4-7-14/h11-12,14-15H,4-10H2,1-3H3. The average molecular weight is 333 g/mol. The zero-order valence-electron chi connectivity index (χ0n) is 14.8. The molecule has 1 aromatic rings. The molecule has 0 N–H and O–H groups in total. The summed E-state index contributed by atoms with van der Waals surface area (Å²) in [5.74, 6) is 0. The van der Waals surface area contributed by atoms with Gasteiger partial charge in [-0.3, -0.25) is 4.79 Å². The lowest BCUT2D eigenvalue weighted by Crippen LogP contribution is -2.46. The quantitative estimate of drug-likeness (QED) is 0.630. The van der Waals surface area contributed by atoms with Gasteiger partial charge >= 0.3 is 6.09 Å². The Kier molecular flexibility index (Phi) is 4.65. The lowest BCUT2D eigenvalue weighted by atomic mass is 9.89. The fourth-order valence-corrected chi connectivity index (χ4v) is 3.50. The molecule has 0 spiro atoms. The van der Waals surface area contributed by atoms with Crippen LogP contribution in [0.5, 0.6) is 0 Å². The van der Waals surface area contributed by atoms with Crippen LogP contribution in [0.4, 0.5) is 4.79 Å². The minimum Gasteiger partial charge on any atom is -0.442 e. The van der Waals surface area contributed by atoms with Crippen LogP contribution >= 0.6 is 0 Å². The molecule has 1 saturated carbocycles. The van der Waals surface area contributed by atoms with Gasteiger partial charge in [0.25, 0.3) is 0 Å². The second-order valence-electron chi connectivity index (χ2n) is 7.91. The third-order valence-electron chi connectivity index (χ3n) is 4.90. The third-order valence-corrected chi connectivity index (χ3v) is 4.90. The van der Waals surface area contributed by atoms with Crippen molar-refractivity contribution in [3.8, 4) is 0 Å². The summed E-state index contributed by atoms with van der Waals surface area (Å²) in [4.78, 5) is 25.8. The Morgan fingerprint density at radius 2 is 2.00 bits per heavy atom. The number of amides is 1. The predicted octanol–water partition coefficient (Wildman–Crippen LogP) is 2.92. The van der Waals surface area contributed by atoms with Crippen LogP contribution in [0.2, 0.25) is 0 Å². The number of rotatable bonds is 3. The van der Waals surface area contributed by atoms with E-state index in [1.807, 2.05) is 25.7 Å². The molecule has 0 saturated heterocycles. The number of nitrogens with zero attached hydrogens (tertiary/aromatic N) is 3. The summed E-state index contributed by atoms with van der Waals surface area (Å²) in [5.41, 5.74) is 1.49. The van der Waals surface area contributed by atoms with Crippen LogP contribution in [-0.2, 0) is 22.4 Å². The van der Waals surface area contributed by atoms with E-state index in [0.717, 1.165) is 56.2 Å². The molecule has 2 aliphatic carbocycles. The number of carbonyl (C=O) groups excluding carboxylic acids is 2. The minimum atomic E-state index is -0.540. The molecule has 132 valence electrons. The summed E-state index contributed by atoms with van der Waals surface area (Å²) in [7, 11) is 0. The monoisotopic (exact) mass is 333 g/mol. The maximum absolute atomic E-state index is 12.2. The van der Waals surface area contributed by atoms with E-state index in [0.29, 0.717) is 6.04 Å². The van der Waals surface area contributed by atoms with E-state index in [1.54, 1.807) is 6.20 Å². The molecule has 6 heteroatoms. The predicted molar refractivity (Wildman–Crippen MR) is 89.8 cm³/mol. The molecule has 1 heterocycles. The normalized spacial score (nSPS) is 21.4. The first-order valence-corrected chi connectivity index (χ1v) is 8.91. The van der Waals surface area contributed by atoms with Crippen LogP contribution in [0, 0.1) is 0 Å². The summed E-state index contributed by atoms with van der Waals surface area (Å²) < 4.78 is 6.70. The Morgan fingerprint density at radius 3 is 2.58 bits per heavy atom. The van der Waals surface area contributed by atoms with Crippen LogP contribution in [0.25, 0.3) is 0 Å². The Morgan fingerprint density at radius 1 is 1.29 bits per heavy atom. The van der Waals surface area contributed by atoms with Crippen molar-refractivity contribution < 1.29 is 14.3 Å². The summed E-state index contributed by atoms with van der Waals surface area (Å²) in [6.45, 7) is 5.53. The van der Waals surface area contributed by atoms with Crippen molar-refractivity contribution in [3.63, 3.8) is 0 Å². The number of ether oxygens (including phenoxy) is 1. The summed E-state index contributed by atoms with van der Waals surface area (Å²) in [6, 6.07) is 0.611. The van der Waals surface area contributed by atoms with Crippen molar-refractivity contribution in [2.24, 2.45) is 0 Å². The van der Waals surface area contributed by atoms with E-state index in [9.17, 15) is 9.59 Å². The fourth-order valence-electron chi connectivity index (χ4n) is 3.50. The van der Waals surface area contributed by atoms with Crippen LogP contribution in [0.1, 0.15) is 64.1 Å². The van der Waals surface area contributed by atoms with Crippen molar-refractivity contribution in [1.29, 1.82) is 0 Å². The number of hydrogen-bond donors (Lipinski definition) is 0. The number of fused-ring (bicyclic) bond motifs is 1. The van der Waals surface area contributed by atoms with Gasteiger partial charge in [-0.15, -0.1) is 0 Å². The highest BCUT2D eigenvalue weighted by Gasteiger charge is 2.32. The van der Waals surface area contributed by atoms with E-state index >= 15 is 0 Å². The highest BCUT2D eigenvalue weighted by Crippen LogP contribution is 2.30. The summed E-state index contributed by atoms with van der Waals surface area (Å²) >= 11 is 0. The van der Waals surface area contributed by atoms with E-state index < -0.39 is 11.7 Å². The zero-order valence-corrected chi connectivity index (χ0v) is 14.8. The SMILES string of the molecule is CC(C)(C)OC(=O)n1cc2c(n1)CCCC(N(C=O)C1CCC1)C2. The Balaban J connectivity index is 1.75. The van der Waals surface area contributed by atoms with E-state index in [-0.39, 0.29) is 6.04 Å². The molecule has 2 aliphatic rings. The molecular weight excluding hydrogens is 306 g/mol. The average Bonchev–Trinajstić information content (AvgIpc) is 2.73. The van der Waals surface area contributed by atoms with Gasteiger partial charge in [0.2, 0.25) is 6.41 Å². The first kappa shape index (κ1) is 17.0. The van der Waals surface area contributed by atoms with Gasteiger partial charge in [-0.05, 0) is 71.3 Å². The van der Waals surface area contributed by atoms with Gasteiger partial charge in [0.05, 0.1) is 5.69 Å². The molecule has 0 radical (unpaired) electrons. The number of aryl methyl sites for hydroxylation is 1. The van der Waals surface area contributed by atoms with Crippen molar-refractivity contribution in [2.45, 2.75) is 83.4 Å². The first-order chi connectivity index (χ1) is 11.4. The third kappa shape index (κ3) is 3.62. The summed E-state index contributed by atoms with van der Waals surface area (Å²) in [6.07, 6.45) is 9.38. The maximum Gasteiger partial charge on any atom is 0.435 e. The second-order valence-corrected chi connectivity index (χ2v) is 7.91. The van der Waals surface area contributed by atoms with Gasteiger partial charge in [-0.1, -0.05) is 0 Å². The lowest BCUT2D eigenvalue weighted by Gasteiger charge is -2.40. The molecular formula is C18H27N3O3. The molecule has 1 atom stereocenters. The van der Waals surface area contributed by atoms with Crippen LogP contribution in [-0.4, -0.2) is 44.9 Å². The van der Waals surface area contributed by atoms with Crippen molar-refractivity contribution in [1.82, 2.24) is 14.7 Å². The molecule has 0 bridgehead atoms. The van der Waals surface area contributed by atoms with E-state index in [2.05, 4.69) is 5.10 Å². The van der Waals surface area contributed by atoms with Gasteiger partial charge in [-0.2, -0.15) is 9.78 Å². The molecule has 1 fully saturated rings. The van der Waals surface area contributed by atoms with Gasteiger partial charge < -0.3 is 9.64 Å². The fraction of sp³-hybridized carbons (Fsp3) is 0.722. The van der Waals surface area contributed by atoms with Crippen LogP contribution in [0.15, 0.2) is 6.20 Å². The Hall–Kier alpha value is -1.85. The number of aromatic nitrogens is 2. The van der Waals surface area contributed by atoms with Crippen molar-refractivity contribution in [2.75, 3.05) is 0 Å². The molecule has 1 aromatic heterocycles. The molecule has 6 nitrogen and oxygen atoms in total. The minimum absolute atomic E-state index is 0.213. The van der Waals surface area contributed by atoms with Gasteiger partial charge in [0.15, 0.2) is 0 Å². The second kappa shape index (κ2) is 6.57. The zero-order chi connectivity index (χ0) is 17.3. The van der Waals surface area contributed by atoms with Crippen LogP contribution < -0.4 is 0 Å². The molecule has 1 amide bonds. The molecule has 0 aromatic carbocycles. The van der Waals surface area contributed by atoms with Crippen molar-refractivity contribution >= 4 is 12.5 Å². The smallest absolute Gasteiger partial charge is 0.435 e. The summed E-state index contributed by atoms with van der Waals surface area (Å²) in [5, 5.41) is 4.43. The van der Waals surface area contributed by atoms with E-state index in [4.69, 9.17) is 4.74 Å². The number of carbonyl (C=O) groups is 2. The molecule has 3 rings (SSSR count). The van der Waals surface area contributed by atoms with Crippen molar-refractivity contribution in [3.05, 3.63) is 17.5 Å². The molecule has 24 heavy (non-hydrogen) atoms. The largest absolute Gasteiger partial charge is 0.442 e. The Labute approximate surface area is 143 Å². The van der Waals surface area contributed by atoms with Gasteiger partial charge in [0.1, 0.15) is 5.60 Å². The van der Waals surface area contributed by atoms with E-state index in [1.165, 1.54) is 11.1 Å². The molecule has 0 aliphatic heterocycles.